The fraction of sp³-hybridized carbons (Fsp3) is 0.320. The molecule has 0 saturated heterocycles. The number of benzene rings is 2. The third-order valence-electron chi connectivity index (χ3n) is 5.67. The van der Waals surface area contributed by atoms with Crippen LogP contribution >= 0.6 is 0 Å². The Hall–Kier alpha value is -3.61. The summed E-state index contributed by atoms with van der Waals surface area (Å²) in [7, 11) is 1.63. The highest BCUT2D eigenvalue weighted by Crippen LogP contribution is 2.28. The second kappa shape index (κ2) is 9.68. The molecule has 2 aromatic carbocycles. The molecule has 2 aromatic heterocycles. The predicted octanol–water partition coefficient (Wildman–Crippen LogP) is 4.69. The lowest BCUT2D eigenvalue weighted by molar-refractivity contribution is 0.0953. The van der Waals surface area contributed by atoms with Gasteiger partial charge in [0.05, 0.1) is 18.1 Å². The average molecular weight is 432 g/mol. The number of ether oxygens (including phenoxy) is 1. The zero-order valence-electron chi connectivity index (χ0n) is 18.6. The predicted molar refractivity (Wildman–Crippen MR) is 128 cm³/mol. The van der Waals surface area contributed by atoms with Gasteiger partial charge in [-0.2, -0.15) is 0 Å². The number of unbranched alkanes of at least 4 members (excludes halogenated alkanes) is 3. The Morgan fingerprint density at radius 1 is 1.03 bits per heavy atom. The number of nitrogens with zero attached hydrogens (tertiary/aromatic N) is 3. The van der Waals surface area contributed by atoms with E-state index >= 15 is 0 Å². The molecule has 0 aliphatic carbocycles. The molecular formula is C25H29N5O2. The molecule has 2 heterocycles. The Balaban J connectivity index is 1.67. The first-order valence-electron chi connectivity index (χ1n) is 11.1. The fourth-order valence-corrected chi connectivity index (χ4v) is 3.88. The average Bonchev–Trinajstić information content (AvgIpc) is 3.09. The molecule has 0 bridgehead atoms. The van der Waals surface area contributed by atoms with Gasteiger partial charge in [0, 0.05) is 13.1 Å². The van der Waals surface area contributed by atoms with Crippen LogP contribution in [0.2, 0.25) is 0 Å². The quantitative estimate of drug-likeness (QED) is 0.375. The van der Waals surface area contributed by atoms with Crippen molar-refractivity contribution in [3.63, 3.8) is 0 Å². The smallest absolute Gasteiger partial charge is 0.257 e. The molecule has 0 unspecified atom stereocenters. The normalized spacial score (nSPS) is 11.2. The molecule has 1 amide bonds. The Labute approximate surface area is 187 Å². The van der Waals surface area contributed by atoms with Crippen LogP contribution in [0.1, 0.15) is 48.5 Å². The number of hydrogen-bond donors (Lipinski definition) is 2. The van der Waals surface area contributed by atoms with Crippen molar-refractivity contribution in [2.45, 2.75) is 45.7 Å². The summed E-state index contributed by atoms with van der Waals surface area (Å²) in [5, 5.41) is 2.98. The molecule has 0 atom stereocenters. The zero-order valence-corrected chi connectivity index (χ0v) is 18.6. The third kappa shape index (κ3) is 4.37. The van der Waals surface area contributed by atoms with Crippen LogP contribution in [0.4, 0.5) is 5.82 Å². The number of hydrogen-bond acceptors (Lipinski definition) is 5. The van der Waals surface area contributed by atoms with Gasteiger partial charge in [0.15, 0.2) is 5.65 Å². The zero-order chi connectivity index (χ0) is 22.5. The molecule has 0 fully saturated rings. The minimum atomic E-state index is -0.250. The molecular weight excluding hydrogens is 402 g/mol. The largest absolute Gasteiger partial charge is 0.497 e. The summed E-state index contributed by atoms with van der Waals surface area (Å²) in [5.41, 5.74) is 10.6. The number of nitrogens with two attached hydrogens (primary N) is 1. The Kier molecular flexibility index (Phi) is 6.54. The number of nitrogens with one attached hydrogen (secondary N) is 1. The van der Waals surface area contributed by atoms with Gasteiger partial charge >= 0.3 is 0 Å². The summed E-state index contributed by atoms with van der Waals surface area (Å²) in [6.07, 6.45) is 4.41. The Bertz CT molecular complexity index is 1230. The highest BCUT2D eigenvalue weighted by molar-refractivity contribution is 6.10. The van der Waals surface area contributed by atoms with Crippen molar-refractivity contribution >= 4 is 33.9 Å². The Morgan fingerprint density at radius 3 is 2.44 bits per heavy atom. The third-order valence-corrected chi connectivity index (χ3v) is 5.67. The van der Waals surface area contributed by atoms with Gasteiger partial charge in [-0.05, 0) is 36.2 Å². The van der Waals surface area contributed by atoms with E-state index in [1.807, 2.05) is 53.1 Å². The second-order valence-corrected chi connectivity index (χ2v) is 7.89. The van der Waals surface area contributed by atoms with Crippen LogP contribution in [0.25, 0.3) is 22.2 Å². The monoisotopic (exact) mass is 431 g/mol. The maximum Gasteiger partial charge on any atom is 0.257 e. The van der Waals surface area contributed by atoms with Crippen molar-refractivity contribution in [1.82, 2.24) is 19.9 Å². The number of carbonyl (C=O) groups excluding carboxylic acids is 1. The van der Waals surface area contributed by atoms with Crippen LogP contribution in [0.15, 0.2) is 48.5 Å². The van der Waals surface area contributed by atoms with Gasteiger partial charge in [0.1, 0.15) is 22.6 Å². The summed E-state index contributed by atoms with van der Waals surface area (Å²) < 4.78 is 7.13. The number of methoxy groups -OCH3 is 1. The van der Waals surface area contributed by atoms with Crippen LogP contribution < -0.4 is 15.8 Å². The van der Waals surface area contributed by atoms with E-state index < -0.39 is 0 Å². The van der Waals surface area contributed by atoms with Gasteiger partial charge in [0.2, 0.25) is 0 Å². The fourth-order valence-electron chi connectivity index (χ4n) is 3.88. The van der Waals surface area contributed by atoms with Crippen molar-refractivity contribution in [1.29, 1.82) is 0 Å². The van der Waals surface area contributed by atoms with Gasteiger partial charge in [-0.25, -0.2) is 9.97 Å². The first-order valence-corrected chi connectivity index (χ1v) is 11.1. The number of amides is 1. The van der Waals surface area contributed by atoms with Crippen molar-refractivity contribution in [2.24, 2.45) is 0 Å². The first kappa shape index (κ1) is 21.6. The lowest BCUT2D eigenvalue weighted by Gasteiger charge is -2.08. The molecule has 0 radical (unpaired) electrons. The number of nitrogen functional groups attached to an aromatic ring is 1. The van der Waals surface area contributed by atoms with Crippen LogP contribution in [-0.4, -0.2) is 27.6 Å². The molecule has 166 valence electrons. The summed E-state index contributed by atoms with van der Waals surface area (Å²) in [6.45, 7) is 3.27. The second-order valence-electron chi connectivity index (χ2n) is 7.89. The SMILES string of the molecule is CCCCCCn1c(N)c(C(=O)NCc2ccc(OC)cc2)c2nc3ccccc3nc21. The van der Waals surface area contributed by atoms with E-state index in [4.69, 9.17) is 20.4 Å². The van der Waals surface area contributed by atoms with Crippen LogP contribution in [0.5, 0.6) is 5.75 Å². The molecule has 0 saturated carbocycles. The molecule has 4 aromatic rings. The van der Waals surface area contributed by atoms with Gasteiger partial charge in [-0.15, -0.1) is 0 Å². The van der Waals surface area contributed by atoms with Gasteiger partial charge < -0.3 is 20.4 Å². The van der Waals surface area contributed by atoms with E-state index in [-0.39, 0.29) is 5.91 Å². The molecule has 3 N–H and O–H groups in total. The number of para-hydroxylation sites is 2. The van der Waals surface area contributed by atoms with Crippen LogP contribution in [-0.2, 0) is 13.1 Å². The minimum Gasteiger partial charge on any atom is -0.497 e. The van der Waals surface area contributed by atoms with Gasteiger partial charge in [0.25, 0.3) is 5.91 Å². The van der Waals surface area contributed by atoms with Crippen LogP contribution in [0, 0.1) is 0 Å². The van der Waals surface area contributed by atoms with Gasteiger partial charge in [-0.3, -0.25) is 4.79 Å². The Morgan fingerprint density at radius 2 is 1.75 bits per heavy atom. The molecule has 7 nitrogen and oxygen atoms in total. The number of aryl methyl sites for hydroxylation is 1. The van der Waals surface area contributed by atoms with Crippen LogP contribution in [0.3, 0.4) is 0 Å². The van der Waals surface area contributed by atoms with Crippen molar-refractivity contribution in [3.8, 4) is 5.75 Å². The summed E-state index contributed by atoms with van der Waals surface area (Å²) in [5.74, 6) is 0.942. The maximum atomic E-state index is 13.2. The molecule has 7 heteroatoms. The number of aromatic nitrogens is 3. The maximum absolute atomic E-state index is 13.2. The molecule has 32 heavy (non-hydrogen) atoms. The van der Waals surface area contributed by atoms with Gasteiger partial charge in [-0.1, -0.05) is 50.5 Å². The molecule has 0 aliphatic heterocycles. The first-order chi connectivity index (χ1) is 15.6. The number of fused-ring (bicyclic) bond motifs is 2. The summed E-state index contributed by atoms with van der Waals surface area (Å²) in [6, 6.07) is 15.3. The summed E-state index contributed by atoms with van der Waals surface area (Å²) >= 11 is 0. The topological polar surface area (TPSA) is 95.1 Å². The lowest BCUT2D eigenvalue weighted by atomic mass is 10.2. The highest BCUT2D eigenvalue weighted by atomic mass is 16.5. The minimum absolute atomic E-state index is 0.250. The van der Waals surface area contributed by atoms with E-state index in [9.17, 15) is 4.79 Å². The van der Waals surface area contributed by atoms with E-state index in [0.29, 0.717) is 35.6 Å². The van der Waals surface area contributed by atoms with E-state index in [0.717, 1.165) is 41.6 Å². The number of rotatable bonds is 9. The standard InChI is InChI=1S/C25H29N5O2/c1-3-4-5-8-15-30-23(26)21(22-24(30)29-20-10-7-6-9-19(20)28-22)25(31)27-16-17-11-13-18(32-2)14-12-17/h6-7,9-14H,3-5,8,15-16,26H2,1-2H3,(H,27,31). The lowest BCUT2D eigenvalue weighted by Crippen LogP contribution is -2.24. The highest BCUT2D eigenvalue weighted by Gasteiger charge is 2.23. The molecule has 4 rings (SSSR count). The van der Waals surface area contributed by atoms with E-state index in [2.05, 4.69) is 12.2 Å². The van der Waals surface area contributed by atoms with Crippen molar-refractivity contribution in [2.75, 3.05) is 12.8 Å². The molecule has 0 spiro atoms. The van der Waals surface area contributed by atoms with Crippen molar-refractivity contribution < 1.29 is 9.53 Å². The van der Waals surface area contributed by atoms with E-state index in [1.54, 1.807) is 7.11 Å². The number of anilines is 1. The number of carbonyl (C=O) groups is 1. The molecule has 0 aliphatic rings. The van der Waals surface area contributed by atoms with E-state index in [1.165, 1.54) is 6.42 Å². The summed E-state index contributed by atoms with van der Waals surface area (Å²) in [4.78, 5) is 22.8. The van der Waals surface area contributed by atoms with Crippen molar-refractivity contribution in [3.05, 3.63) is 59.7 Å².